The Kier molecular flexibility index (Phi) is 5.57. The number of aromatic amines is 1. The Bertz CT molecular complexity index is 1070. The number of Topliss-reactive ketones (excluding diaryl/α,β-unsaturated/α-hetero) is 1. The highest BCUT2D eigenvalue weighted by molar-refractivity contribution is 6.10. The normalized spacial score (nSPS) is 18.7. The molecule has 160 valence electrons. The van der Waals surface area contributed by atoms with Crippen LogP contribution in [0.2, 0.25) is 0 Å². The summed E-state index contributed by atoms with van der Waals surface area (Å²) < 4.78 is 0. The molecule has 1 aliphatic carbocycles. The van der Waals surface area contributed by atoms with Gasteiger partial charge in [0.2, 0.25) is 5.91 Å². The Morgan fingerprint density at radius 2 is 1.68 bits per heavy atom. The summed E-state index contributed by atoms with van der Waals surface area (Å²) in [7, 11) is 0. The van der Waals surface area contributed by atoms with Crippen molar-refractivity contribution < 1.29 is 9.59 Å². The fourth-order valence-corrected chi connectivity index (χ4v) is 4.47. The Hall–Kier alpha value is -2.96. The monoisotopic (exact) mass is 416 g/mol. The minimum Gasteiger partial charge on any atom is -0.360 e. The van der Waals surface area contributed by atoms with E-state index in [1.165, 1.54) is 0 Å². The summed E-state index contributed by atoms with van der Waals surface area (Å²) in [5.41, 5.74) is 2.72. The molecule has 2 aliphatic rings. The molecule has 0 unspecified atom stereocenters. The molecule has 0 spiro atoms. The van der Waals surface area contributed by atoms with Crippen molar-refractivity contribution in [1.82, 2.24) is 20.1 Å². The van der Waals surface area contributed by atoms with E-state index in [9.17, 15) is 9.59 Å². The summed E-state index contributed by atoms with van der Waals surface area (Å²) in [6.45, 7) is 3.51. The van der Waals surface area contributed by atoms with Crippen molar-refractivity contribution in [2.45, 2.75) is 24.9 Å². The smallest absolute Gasteiger partial charge is 0.234 e. The maximum Gasteiger partial charge on any atom is 0.234 e. The molecule has 3 aromatic rings. The lowest BCUT2D eigenvalue weighted by Crippen LogP contribution is -2.51. The molecule has 2 fully saturated rings. The zero-order chi connectivity index (χ0) is 21.2. The Labute approximate surface area is 182 Å². The van der Waals surface area contributed by atoms with Crippen LogP contribution in [-0.2, 0) is 4.79 Å². The quantitative estimate of drug-likeness (QED) is 0.581. The second-order valence-electron chi connectivity index (χ2n) is 8.58. The minimum absolute atomic E-state index is 0.114. The van der Waals surface area contributed by atoms with Crippen LogP contribution in [0.1, 0.15) is 34.8 Å². The number of aromatic nitrogens is 1. The van der Waals surface area contributed by atoms with Gasteiger partial charge in [-0.15, -0.1) is 0 Å². The standard InChI is InChI=1S/C25H28N4O2/c30-23(27-19-10-11-19)17-28-12-14-29(15-13-28)24(18-6-2-1-3-7-18)25(31)21-16-26-22-9-5-4-8-20(21)22/h1-9,16,19,24,26H,10-15,17H2,(H,27,30)/t24-/m1/s1. The first-order valence-corrected chi connectivity index (χ1v) is 11.1. The molecule has 1 aromatic heterocycles. The van der Waals surface area contributed by atoms with Gasteiger partial charge in [0.05, 0.1) is 12.6 Å². The van der Waals surface area contributed by atoms with E-state index in [0.29, 0.717) is 12.6 Å². The van der Waals surface area contributed by atoms with Gasteiger partial charge in [-0.1, -0.05) is 48.5 Å². The van der Waals surface area contributed by atoms with E-state index in [1.54, 1.807) is 0 Å². The predicted octanol–water partition coefficient (Wildman–Crippen LogP) is 2.99. The molecule has 1 atom stereocenters. The molecule has 1 saturated heterocycles. The molecule has 2 N–H and O–H groups in total. The molecule has 2 aromatic carbocycles. The molecule has 2 heterocycles. The van der Waals surface area contributed by atoms with Crippen molar-refractivity contribution in [3.63, 3.8) is 0 Å². The van der Waals surface area contributed by atoms with Gasteiger partial charge in [0.25, 0.3) is 0 Å². The van der Waals surface area contributed by atoms with Crippen LogP contribution in [0.4, 0.5) is 0 Å². The Morgan fingerprint density at radius 3 is 2.42 bits per heavy atom. The lowest BCUT2D eigenvalue weighted by Gasteiger charge is -2.38. The number of H-pyrrole nitrogens is 1. The first-order chi connectivity index (χ1) is 15.2. The minimum atomic E-state index is -0.331. The zero-order valence-electron chi connectivity index (χ0n) is 17.6. The summed E-state index contributed by atoms with van der Waals surface area (Å²) in [4.78, 5) is 33.6. The number of fused-ring (bicyclic) bond motifs is 1. The number of amides is 1. The first kappa shape index (κ1) is 20.0. The van der Waals surface area contributed by atoms with E-state index in [2.05, 4.69) is 20.1 Å². The van der Waals surface area contributed by atoms with Crippen molar-refractivity contribution in [1.29, 1.82) is 0 Å². The highest BCUT2D eigenvalue weighted by atomic mass is 16.2. The first-order valence-electron chi connectivity index (χ1n) is 11.1. The summed E-state index contributed by atoms with van der Waals surface area (Å²) in [5.74, 6) is 0.231. The predicted molar refractivity (Wildman–Crippen MR) is 121 cm³/mol. The summed E-state index contributed by atoms with van der Waals surface area (Å²) >= 11 is 0. The van der Waals surface area contributed by atoms with E-state index >= 15 is 0 Å². The molecule has 0 bridgehead atoms. The van der Waals surface area contributed by atoms with Crippen LogP contribution >= 0.6 is 0 Å². The van der Waals surface area contributed by atoms with Gasteiger partial charge >= 0.3 is 0 Å². The number of para-hydroxylation sites is 1. The number of piperazine rings is 1. The maximum atomic E-state index is 13.8. The number of nitrogens with zero attached hydrogens (tertiary/aromatic N) is 2. The van der Waals surface area contributed by atoms with E-state index in [1.807, 2.05) is 60.8 Å². The third-order valence-corrected chi connectivity index (χ3v) is 6.30. The molecule has 5 rings (SSSR count). The van der Waals surface area contributed by atoms with Gasteiger partial charge in [-0.3, -0.25) is 19.4 Å². The highest BCUT2D eigenvalue weighted by Gasteiger charge is 2.33. The number of ketones is 1. The molecule has 31 heavy (non-hydrogen) atoms. The van der Waals surface area contributed by atoms with Crippen molar-refractivity contribution >= 4 is 22.6 Å². The fraction of sp³-hybridized carbons (Fsp3) is 0.360. The van der Waals surface area contributed by atoms with Gasteiger partial charge < -0.3 is 10.3 Å². The number of carbonyl (C=O) groups is 2. The molecule has 6 nitrogen and oxygen atoms in total. The Morgan fingerprint density at radius 1 is 0.968 bits per heavy atom. The molecule has 0 radical (unpaired) electrons. The fourth-order valence-electron chi connectivity index (χ4n) is 4.47. The molecule has 1 aliphatic heterocycles. The van der Waals surface area contributed by atoms with Crippen molar-refractivity contribution in [2.75, 3.05) is 32.7 Å². The summed E-state index contributed by atoms with van der Waals surface area (Å²) in [5, 5.41) is 4.02. The van der Waals surface area contributed by atoms with Gasteiger partial charge in [-0.2, -0.15) is 0 Å². The SMILES string of the molecule is O=C(CN1CCN([C@@H](C(=O)c2c[nH]c3ccccc23)c2ccccc2)CC1)NC1CC1. The van der Waals surface area contributed by atoms with E-state index in [-0.39, 0.29) is 17.7 Å². The second kappa shape index (κ2) is 8.65. The summed E-state index contributed by atoms with van der Waals surface area (Å²) in [6.07, 6.45) is 4.05. The number of nitrogens with one attached hydrogen (secondary N) is 2. The van der Waals surface area contributed by atoms with Crippen molar-refractivity contribution in [2.24, 2.45) is 0 Å². The third kappa shape index (κ3) is 4.40. The molecule has 6 heteroatoms. The molecule has 1 saturated carbocycles. The number of carbonyl (C=O) groups excluding carboxylic acids is 2. The lowest BCUT2D eigenvalue weighted by atomic mass is 9.95. The Balaban J connectivity index is 1.34. The van der Waals surface area contributed by atoms with Gasteiger partial charge in [-0.05, 0) is 24.5 Å². The van der Waals surface area contributed by atoms with Crippen LogP contribution in [0, 0.1) is 0 Å². The lowest BCUT2D eigenvalue weighted by molar-refractivity contribution is -0.122. The van der Waals surface area contributed by atoms with E-state index in [0.717, 1.165) is 61.1 Å². The number of hydrogen-bond acceptors (Lipinski definition) is 4. The second-order valence-corrected chi connectivity index (χ2v) is 8.58. The molecular weight excluding hydrogens is 388 g/mol. The van der Waals surface area contributed by atoms with Crippen LogP contribution in [-0.4, -0.2) is 65.2 Å². The van der Waals surface area contributed by atoms with Crippen molar-refractivity contribution in [3.05, 3.63) is 71.9 Å². The molecule has 1 amide bonds. The van der Waals surface area contributed by atoms with Crippen LogP contribution < -0.4 is 5.32 Å². The highest BCUT2D eigenvalue weighted by Crippen LogP contribution is 2.29. The average Bonchev–Trinajstić information content (AvgIpc) is 3.50. The van der Waals surface area contributed by atoms with Gasteiger partial charge in [0.15, 0.2) is 5.78 Å². The third-order valence-electron chi connectivity index (χ3n) is 6.30. The topological polar surface area (TPSA) is 68.4 Å². The molecular formula is C25H28N4O2. The number of hydrogen-bond donors (Lipinski definition) is 2. The van der Waals surface area contributed by atoms with E-state index < -0.39 is 0 Å². The van der Waals surface area contributed by atoms with Crippen LogP contribution in [0.25, 0.3) is 10.9 Å². The largest absolute Gasteiger partial charge is 0.360 e. The van der Waals surface area contributed by atoms with Crippen LogP contribution in [0.15, 0.2) is 60.8 Å². The van der Waals surface area contributed by atoms with Gasteiger partial charge in [-0.25, -0.2) is 0 Å². The average molecular weight is 417 g/mol. The van der Waals surface area contributed by atoms with Crippen LogP contribution in [0.5, 0.6) is 0 Å². The summed E-state index contributed by atoms with van der Waals surface area (Å²) in [6, 6.07) is 18.0. The number of benzene rings is 2. The van der Waals surface area contributed by atoms with Gasteiger partial charge in [0, 0.05) is 54.9 Å². The number of rotatable bonds is 7. The van der Waals surface area contributed by atoms with Crippen LogP contribution in [0.3, 0.4) is 0 Å². The zero-order valence-corrected chi connectivity index (χ0v) is 17.6. The van der Waals surface area contributed by atoms with Gasteiger partial charge in [0.1, 0.15) is 0 Å². The maximum absolute atomic E-state index is 13.8. The van der Waals surface area contributed by atoms with Crippen molar-refractivity contribution in [3.8, 4) is 0 Å². The van der Waals surface area contributed by atoms with E-state index in [4.69, 9.17) is 0 Å².